The molecule has 0 bridgehead atoms. The molecule has 11 aromatic rings. The number of benzene rings is 10. The molecule has 0 aliphatic carbocycles. The third kappa shape index (κ3) is 4.99. The van der Waals surface area contributed by atoms with Crippen molar-refractivity contribution in [3.05, 3.63) is 200 Å². The summed E-state index contributed by atoms with van der Waals surface area (Å²) in [6, 6.07) is 73.5. The lowest BCUT2D eigenvalue weighted by atomic mass is 9.90. The molecular formula is C52H33NS. The average molecular weight is 704 g/mol. The van der Waals surface area contributed by atoms with E-state index >= 15 is 0 Å². The molecule has 252 valence electrons. The van der Waals surface area contributed by atoms with Gasteiger partial charge in [-0.05, 0) is 108 Å². The van der Waals surface area contributed by atoms with E-state index in [1.807, 2.05) is 11.3 Å². The molecule has 2 heteroatoms. The summed E-state index contributed by atoms with van der Waals surface area (Å²) >= 11 is 1.89. The molecule has 0 amide bonds. The van der Waals surface area contributed by atoms with E-state index < -0.39 is 0 Å². The fraction of sp³-hybridized carbons (Fsp3) is 0. The number of hydrogen-bond donors (Lipinski definition) is 0. The van der Waals surface area contributed by atoms with E-state index in [9.17, 15) is 0 Å². The second-order valence-electron chi connectivity index (χ2n) is 14.1. The van der Waals surface area contributed by atoms with Crippen molar-refractivity contribution in [2.24, 2.45) is 0 Å². The van der Waals surface area contributed by atoms with Gasteiger partial charge < -0.3 is 4.90 Å². The van der Waals surface area contributed by atoms with Gasteiger partial charge in [0, 0.05) is 42.6 Å². The zero-order valence-corrected chi connectivity index (χ0v) is 30.2. The third-order valence-corrected chi connectivity index (χ3v) is 12.2. The van der Waals surface area contributed by atoms with Gasteiger partial charge in [0.25, 0.3) is 0 Å². The molecule has 0 spiro atoms. The predicted molar refractivity (Wildman–Crippen MR) is 235 cm³/mol. The number of hydrogen-bond acceptors (Lipinski definition) is 2. The Kier molecular flexibility index (Phi) is 7.11. The molecule has 0 atom stereocenters. The summed E-state index contributed by atoms with van der Waals surface area (Å²) in [6.45, 7) is 0. The Labute approximate surface area is 317 Å². The maximum atomic E-state index is 2.41. The fourth-order valence-electron chi connectivity index (χ4n) is 8.43. The molecule has 0 unspecified atom stereocenters. The number of rotatable bonds is 5. The SMILES string of the molecule is c1ccc(-c2ccc(N(c3ccc4c(-c5cc6ccccc6c6ccccc56)cccc4c3)c3ccc4ccc5c6ccccc6sc5c4c3)cc2)cc1. The first kappa shape index (κ1) is 30.8. The van der Waals surface area contributed by atoms with Gasteiger partial charge in [-0.15, -0.1) is 11.3 Å². The predicted octanol–water partition coefficient (Wildman–Crippen LogP) is 15.5. The van der Waals surface area contributed by atoms with Crippen molar-refractivity contribution in [2.75, 3.05) is 4.90 Å². The minimum absolute atomic E-state index is 1.12. The van der Waals surface area contributed by atoms with E-state index in [-0.39, 0.29) is 0 Å². The number of anilines is 3. The normalized spacial score (nSPS) is 11.7. The van der Waals surface area contributed by atoms with Crippen LogP contribution in [0.15, 0.2) is 200 Å². The lowest BCUT2D eigenvalue weighted by Gasteiger charge is -2.27. The van der Waals surface area contributed by atoms with Crippen LogP contribution < -0.4 is 4.90 Å². The van der Waals surface area contributed by atoms with Crippen molar-refractivity contribution in [1.29, 1.82) is 0 Å². The van der Waals surface area contributed by atoms with Crippen molar-refractivity contribution in [1.82, 2.24) is 0 Å². The summed E-state index contributed by atoms with van der Waals surface area (Å²) in [5.74, 6) is 0. The van der Waals surface area contributed by atoms with E-state index in [4.69, 9.17) is 0 Å². The average Bonchev–Trinajstić information content (AvgIpc) is 3.63. The van der Waals surface area contributed by atoms with Crippen LogP contribution in [0.2, 0.25) is 0 Å². The van der Waals surface area contributed by atoms with Crippen LogP contribution in [0.5, 0.6) is 0 Å². The first-order chi connectivity index (χ1) is 26.8. The Balaban J connectivity index is 1.10. The highest BCUT2D eigenvalue weighted by Crippen LogP contribution is 2.44. The third-order valence-electron chi connectivity index (χ3n) is 11.0. The van der Waals surface area contributed by atoms with Crippen molar-refractivity contribution < 1.29 is 0 Å². The molecule has 0 N–H and O–H groups in total. The molecule has 0 aliphatic heterocycles. The van der Waals surface area contributed by atoms with Crippen LogP contribution in [-0.2, 0) is 0 Å². The molecule has 54 heavy (non-hydrogen) atoms. The zero-order valence-electron chi connectivity index (χ0n) is 29.4. The second kappa shape index (κ2) is 12.4. The van der Waals surface area contributed by atoms with E-state index in [2.05, 4.69) is 205 Å². The molecule has 0 saturated carbocycles. The van der Waals surface area contributed by atoms with Crippen LogP contribution in [0.1, 0.15) is 0 Å². The molecule has 0 fully saturated rings. The van der Waals surface area contributed by atoms with Crippen LogP contribution in [-0.4, -0.2) is 0 Å². The molecule has 11 rings (SSSR count). The first-order valence-electron chi connectivity index (χ1n) is 18.5. The lowest BCUT2D eigenvalue weighted by Crippen LogP contribution is -2.10. The number of fused-ring (bicyclic) bond motifs is 9. The highest BCUT2D eigenvalue weighted by Gasteiger charge is 2.18. The summed E-state index contributed by atoms with van der Waals surface area (Å²) in [6.07, 6.45) is 0. The van der Waals surface area contributed by atoms with Crippen LogP contribution >= 0.6 is 11.3 Å². The molecular weight excluding hydrogens is 671 g/mol. The second-order valence-corrected chi connectivity index (χ2v) is 15.1. The smallest absolute Gasteiger partial charge is 0.0468 e. The Morgan fingerprint density at radius 3 is 1.78 bits per heavy atom. The summed E-state index contributed by atoms with van der Waals surface area (Å²) in [5, 5.41) is 12.7. The highest BCUT2D eigenvalue weighted by molar-refractivity contribution is 7.26. The minimum atomic E-state index is 1.12. The van der Waals surface area contributed by atoms with E-state index in [0.717, 1.165) is 17.1 Å². The van der Waals surface area contributed by atoms with E-state index in [1.165, 1.54) is 85.5 Å². The quantitative estimate of drug-likeness (QED) is 0.161. The zero-order chi connectivity index (χ0) is 35.6. The first-order valence-corrected chi connectivity index (χ1v) is 19.3. The highest BCUT2D eigenvalue weighted by atomic mass is 32.1. The van der Waals surface area contributed by atoms with Crippen molar-refractivity contribution in [3.63, 3.8) is 0 Å². The van der Waals surface area contributed by atoms with Crippen LogP contribution in [0.3, 0.4) is 0 Å². The standard InChI is InChI=1S/C52H33NS/c1-2-11-34(12-3-1)35-21-25-39(26-22-35)53(41-27-23-36-24-29-48-47-18-8-9-20-51(47)54-52(48)49(36)33-41)40-28-30-43-37(31-40)14-10-19-45(43)50-32-38-13-4-5-15-42(38)44-16-6-7-17-46(44)50/h1-33H. The van der Waals surface area contributed by atoms with Gasteiger partial charge in [0.05, 0.1) is 0 Å². The van der Waals surface area contributed by atoms with Crippen molar-refractivity contribution >= 4 is 91.7 Å². The monoisotopic (exact) mass is 703 g/mol. The Hall–Kier alpha value is -6.74. The fourth-order valence-corrected chi connectivity index (χ4v) is 9.66. The van der Waals surface area contributed by atoms with Gasteiger partial charge in [0.1, 0.15) is 0 Å². The number of nitrogens with zero attached hydrogens (tertiary/aromatic N) is 1. The summed E-state index contributed by atoms with van der Waals surface area (Å²) in [5.41, 5.74) is 8.31. The van der Waals surface area contributed by atoms with Crippen LogP contribution in [0, 0.1) is 0 Å². The van der Waals surface area contributed by atoms with Gasteiger partial charge in [0.15, 0.2) is 0 Å². The van der Waals surface area contributed by atoms with Gasteiger partial charge in [-0.2, -0.15) is 0 Å². The molecule has 0 aliphatic rings. The van der Waals surface area contributed by atoms with Crippen LogP contribution in [0.25, 0.3) is 85.5 Å². The van der Waals surface area contributed by atoms with Gasteiger partial charge in [-0.3, -0.25) is 0 Å². The Bertz CT molecular complexity index is 3210. The van der Waals surface area contributed by atoms with E-state index in [0.29, 0.717) is 0 Å². The van der Waals surface area contributed by atoms with E-state index in [1.54, 1.807) is 0 Å². The largest absolute Gasteiger partial charge is 0.310 e. The summed E-state index contributed by atoms with van der Waals surface area (Å²) in [4.78, 5) is 2.41. The number of thiophene rings is 1. The summed E-state index contributed by atoms with van der Waals surface area (Å²) < 4.78 is 2.66. The maximum absolute atomic E-state index is 2.41. The summed E-state index contributed by atoms with van der Waals surface area (Å²) in [7, 11) is 0. The van der Waals surface area contributed by atoms with Gasteiger partial charge in [-0.25, -0.2) is 0 Å². The Morgan fingerprint density at radius 1 is 0.296 bits per heavy atom. The molecule has 10 aromatic carbocycles. The van der Waals surface area contributed by atoms with Gasteiger partial charge in [-0.1, -0.05) is 152 Å². The minimum Gasteiger partial charge on any atom is -0.310 e. The Morgan fingerprint density at radius 2 is 0.907 bits per heavy atom. The van der Waals surface area contributed by atoms with Gasteiger partial charge >= 0.3 is 0 Å². The van der Waals surface area contributed by atoms with Crippen LogP contribution in [0.4, 0.5) is 17.1 Å². The van der Waals surface area contributed by atoms with Gasteiger partial charge in [0.2, 0.25) is 0 Å². The maximum Gasteiger partial charge on any atom is 0.0468 e. The molecule has 1 heterocycles. The topological polar surface area (TPSA) is 3.24 Å². The molecule has 0 radical (unpaired) electrons. The van der Waals surface area contributed by atoms with Crippen molar-refractivity contribution in [3.8, 4) is 22.3 Å². The molecule has 1 nitrogen and oxygen atoms in total. The lowest BCUT2D eigenvalue weighted by molar-refractivity contribution is 1.29. The van der Waals surface area contributed by atoms with Crippen molar-refractivity contribution in [2.45, 2.75) is 0 Å². The molecule has 1 aromatic heterocycles. The molecule has 0 saturated heterocycles.